The highest BCUT2D eigenvalue weighted by Gasteiger charge is 2.20. The van der Waals surface area contributed by atoms with Crippen LogP contribution in [0.1, 0.15) is 6.92 Å². The first-order valence-corrected chi connectivity index (χ1v) is 5.45. The van der Waals surface area contributed by atoms with Gasteiger partial charge in [0, 0.05) is 6.54 Å². The molecule has 1 atom stereocenters. The van der Waals surface area contributed by atoms with Crippen molar-refractivity contribution in [3.8, 4) is 0 Å². The summed E-state index contributed by atoms with van der Waals surface area (Å²) in [6, 6.07) is 0. The Kier molecular flexibility index (Phi) is 3.05. The normalized spacial score (nSPS) is 14.6. The van der Waals surface area contributed by atoms with E-state index in [9.17, 15) is 13.4 Å². The van der Waals surface area contributed by atoms with E-state index >= 15 is 0 Å². The molecule has 1 amide bonds. The summed E-state index contributed by atoms with van der Waals surface area (Å²) in [4.78, 5) is 10.2. The summed E-state index contributed by atoms with van der Waals surface area (Å²) in [6.45, 7) is 1.83. The van der Waals surface area contributed by atoms with Crippen LogP contribution in [0.2, 0.25) is 0 Å². The van der Waals surface area contributed by atoms with Gasteiger partial charge in [-0.1, -0.05) is 0 Å². The number of amides is 1. The van der Waals surface area contributed by atoms with Crippen molar-refractivity contribution in [1.29, 1.82) is 0 Å². The van der Waals surface area contributed by atoms with Gasteiger partial charge in [-0.25, -0.2) is 18.5 Å². The monoisotopic (exact) mass is 236 g/mol. The number of aromatic nitrogens is 2. The van der Waals surface area contributed by atoms with Crippen molar-refractivity contribution in [2.75, 3.05) is 0 Å². The van der Waals surface area contributed by atoms with Crippen molar-refractivity contribution in [2.24, 2.45) is 9.50 Å². The molecule has 0 aromatic carbocycles. The Morgan fingerprint density at radius 3 is 2.93 bits per heavy atom. The molecule has 1 unspecified atom stereocenters. The number of nitrogens with zero attached hydrogens (tertiary/aromatic N) is 3. The van der Waals surface area contributed by atoms with E-state index in [-0.39, 0.29) is 6.54 Å². The summed E-state index contributed by atoms with van der Waals surface area (Å²) in [5.74, 6) is -0.936. The van der Waals surface area contributed by atoms with E-state index in [0.717, 1.165) is 10.9 Å². The Morgan fingerprint density at radius 1 is 1.87 bits per heavy atom. The Balaban J connectivity index is 3.45. The molecule has 9 heteroatoms. The smallest absolute Gasteiger partial charge is 0.440 e. The maximum Gasteiger partial charge on any atom is 0.440 e. The molecule has 1 rings (SSSR count). The molecule has 1 aromatic rings. The van der Waals surface area contributed by atoms with E-state index in [1.54, 1.807) is 6.92 Å². The van der Waals surface area contributed by atoms with E-state index in [0.29, 0.717) is 0 Å². The average molecular weight is 236 g/mol. The second-order valence-electron chi connectivity index (χ2n) is 2.56. The summed E-state index contributed by atoms with van der Waals surface area (Å²) in [6.07, 6.45) is -0.909. The van der Waals surface area contributed by atoms with E-state index < -0.39 is 26.9 Å². The lowest BCUT2D eigenvalue weighted by atomic mass is 10.7. The first-order valence-electron chi connectivity index (χ1n) is 3.87. The largest absolute Gasteiger partial charge is 0.463 e. The molecule has 1 heterocycles. The van der Waals surface area contributed by atoms with E-state index in [2.05, 4.69) is 9.46 Å². The van der Waals surface area contributed by atoms with Crippen LogP contribution in [0.5, 0.6) is 0 Å². The van der Waals surface area contributed by atoms with Gasteiger partial charge in [0.15, 0.2) is 20.8 Å². The highest BCUT2D eigenvalue weighted by Crippen LogP contribution is 2.13. The van der Waals surface area contributed by atoms with Crippen LogP contribution in [0.25, 0.3) is 0 Å². The second kappa shape index (κ2) is 3.95. The Bertz CT molecular complexity index is 502. The molecule has 0 aliphatic carbocycles. The van der Waals surface area contributed by atoms with Gasteiger partial charge in [-0.05, 0) is 6.92 Å². The SMILES string of the molecule is CCn1ncc(F)c1S(N)(=O)=NC(=O)O. The third-order valence-corrected chi connectivity index (χ3v) is 2.93. The highest BCUT2D eigenvalue weighted by atomic mass is 32.2. The third-order valence-electron chi connectivity index (χ3n) is 1.54. The molecule has 0 spiro atoms. The van der Waals surface area contributed by atoms with Crippen LogP contribution in [-0.4, -0.2) is 25.2 Å². The van der Waals surface area contributed by atoms with Crippen molar-refractivity contribution in [3.63, 3.8) is 0 Å². The van der Waals surface area contributed by atoms with Gasteiger partial charge in [-0.2, -0.15) is 5.10 Å². The van der Waals surface area contributed by atoms with E-state index in [1.165, 1.54) is 0 Å². The minimum atomic E-state index is -3.79. The molecule has 0 aliphatic heterocycles. The summed E-state index contributed by atoms with van der Waals surface area (Å²) in [7, 11) is -3.79. The number of carboxylic acid groups (broad SMARTS) is 1. The number of rotatable bonds is 2. The molecule has 0 bridgehead atoms. The molecule has 3 N–H and O–H groups in total. The van der Waals surface area contributed by atoms with Crippen molar-refractivity contribution in [1.82, 2.24) is 9.78 Å². The lowest BCUT2D eigenvalue weighted by Crippen LogP contribution is -2.20. The molecular formula is C6H9FN4O3S. The number of halogens is 1. The fraction of sp³-hybridized carbons (Fsp3) is 0.333. The van der Waals surface area contributed by atoms with E-state index in [1.807, 2.05) is 0 Å². The molecule has 15 heavy (non-hydrogen) atoms. The Hall–Kier alpha value is -1.48. The zero-order valence-corrected chi connectivity index (χ0v) is 8.57. The van der Waals surface area contributed by atoms with Gasteiger partial charge in [0.1, 0.15) is 0 Å². The van der Waals surface area contributed by atoms with Gasteiger partial charge < -0.3 is 5.11 Å². The van der Waals surface area contributed by atoms with Crippen LogP contribution < -0.4 is 5.14 Å². The zero-order chi connectivity index (χ0) is 11.6. The Labute approximate surface area is 85.0 Å². The number of nitrogens with two attached hydrogens (primary N) is 1. The van der Waals surface area contributed by atoms with Gasteiger partial charge in [0.2, 0.25) is 0 Å². The minimum Gasteiger partial charge on any atom is -0.463 e. The topological polar surface area (TPSA) is 111 Å². The molecule has 0 radical (unpaired) electrons. The van der Waals surface area contributed by atoms with Gasteiger partial charge in [0.05, 0.1) is 6.20 Å². The van der Waals surface area contributed by atoms with Crippen molar-refractivity contribution < 1.29 is 18.5 Å². The van der Waals surface area contributed by atoms with Crippen LogP contribution in [0, 0.1) is 5.82 Å². The molecule has 7 nitrogen and oxygen atoms in total. The lowest BCUT2D eigenvalue weighted by molar-refractivity contribution is 0.206. The van der Waals surface area contributed by atoms with Crippen LogP contribution in [0.3, 0.4) is 0 Å². The summed E-state index contributed by atoms with van der Waals surface area (Å²) < 4.78 is 28.5. The fourth-order valence-electron chi connectivity index (χ4n) is 1.03. The number of carbonyl (C=O) groups is 1. The number of aryl methyl sites for hydroxylation is 1. The highest BCUT2D eigenvalue weighted by molar-refractivity contribution is 7.91. The Morgan fingerprint density at radius 2 is 2.47 bits per heavy atom. The molecule has 1 aromatic heterocycles. The molecular weight excluding hydrogens is 227 g/mol. The first-order chi connectivity index (χ1) is 6.88. The molecule has 84 valence electrons. The van der Waals surface area contributed by atoms with Crippen molar-refractivity contribution in [2.45, 2.75) is 18.5 Å². The van der Waals surface area contributed by atoms with Crippen molar-refractivity contribution >= 4 is 16.0 Å². The maximum absolute atomic E-state index is 13.1. The molecule has 0 fully saturated rings. The van der Waals surface area contributed by atoms with Gasteiger partial charge in [0.25, 0.3) is 0 Å². The lowest BCUT2D eigenvalue weighted by Gasteiger charge is -2.04. The summed E-state index contributed by atoms with van der Waals surface area (Å²) in [5, 5.41) is 16.5. The first kappa shape index (κ1) is 11.6. The standard InChI is InChI=1S/C6H9FN4O3S/c1-2-11-5(4(7)3-9-11)15(8,14)10-6(12)13/h3H,2H2,1H3,(H,12,13)(H2,8,10,14). The zero-order valence-electron chi connectivity index (χ0n) is 7.75. The molecule has 0 saturated heterocycles. The van der Waals surface area contributed by atoms with Crippen LogP contribution in [-0.2, 0) is 16.5 Å². The fourth-order valence-corrected chi connectivity index (χ4v) is 2.16. The average Bonchev–Trinajstić information content (AvgIpc) is 2.44. The number of hydrogen-bond acceptors (Lipinski definition) is 3. The molecule has 0 aliphatic rings. The van der Waals surface area contributed by atoms with Gasteiger partial charge in [-0.15, -0.1) is 4.36 Å². The second-order valence-corrected chi connectivity index (χ2v) is 4.26. The summed E-state index contributed by atoms with van der Waals surface area (Å²) in [5.41, 5.74) is 0. The van der Waals surface area contributed by atoms with Crippen LogP contribution in [0.15, 0.2) is 15.6 Å². The predicted molar refractivity (Wildman–Crippen MR) is 48.9 cm³/mol. The van der Waals surface area contributed by atoms with Gasteiger partial charge >= 0.3 is 6.09 Å². The third kappa shape index (κ3) is 2.30. The predicted octanol–water partition coefficient (Wildman–Crippen LogP) is 0.421. The van der Waals surface area contributed by atoms with E-state index in [4.69, 9.17) is 10.2 Å². The van der Waals surface area contributed by atoms with Crippen molar-refractivity contribution in [3.05, 3.63) is 12.0 Å². The minimum absolute atomic E-state index is 0.211. The summed E-state index contributed by atoms with van der Waals surface area (Å²) >= 11 is 0. The van der Waals surface area contributed by atoms with Crippen LogP contribution in [0.4, 0.5) is 9.18 Å². The number of hydrogen-bond donors (Lipinski definition) is 2. The molecule has 0 saturated carbocycles. The quantitative estimate of drug-likeness (QED) is 0.775. The maximum atomic E-state index is 13.1. The van der Waals surface area contributed by atoms with Gasteiger partial charge in [-0.3, -0.25) is 4.68 Å². The van der Waals surface area contributed by atoms with Crippen LogP contribution >= 0.6 is 0 Å².